The largest absolute Gasteiger partial charge is 0.466 e. The van der Waals surface area contributed by atoms with E-state index < -0.39 is 0 Å². The number of hydrogen-bond donors (Lipinski definition) is 1. The van der Waals surface area contributed by atoms with E-state index in [0.717, 1.165) is 5.56 Å². The van der Waals surface area contributed by atoms with Crippen molar-refractivity contribution in [2.24, 2.45) is 5.92 Å². The highest BCUT2D eigenvalue weighted by molar-refractivity contribution is 7.99. The summed E-state index contributed by atoms with van der Waals surface area (Å²) in [7, 11) is 0. The maximum Gasteiger partial charge on any atom is 0.309 e. The second-order valence-corrected chi connectivity index (χ2v) is 7.11. The monoisotopic (exact) mass is 392 g/mol. The molecule has 2 heterocycles. The van der Waals surface area contributed by atoms with Crippen LogP contribution in [0.1, 0.15) is 19.8 Å². The van der Waals surface area contributed by atoms with Crippen molar-refractivity contribution >= 4 is 23.6 Å². The number of thioether (sulfide) groups is 1. The second-order valence-electron chi connectivity index (χ2n) is 6.17. The lowest BCUT2D eigenvalue weighted by Crippen LogP contribution is -2.41. The van der Waals surface area contributed by atoms with Gasteiger partial charge in [-0.15, -0.1) is 5.10 Å². The SMILES string of the molecule is CCOC(=O)C1CCN(C(=O)CSc2n[nH]c(-c3ccc(F)cc3)n2)CC1. The highest BCUT2D eigenvalue weighted by atomic mass is 32.2. The summed E-state index contributed by atoms with van der Waals surface area (Å²) in [5.74, 6) is 0.145. The Kier molecular flexibility index (Phi) is 6.44. The number of benzene rings is 1. The molecule has 0 atom stereocenters. The van der Waals surface area contributed by atoms with E-state index in [1.807, 2.05) is 0 Å². The first kappa shape index (κ1) is 19.3. The molecule has 1 aliphatic rings. The number of rotatable bonds is 6. The summed E-state index contributed by atoms with van der Waals surface area (Å²) < 4.78 is 18.0. The van der Waals surface area contributed by atoms with E-state index in [9.17, 15) is 14.0 Å². The van der Waals surface area contributed by atoms with Gasteiger partial charge in [-0.3, -0.25) is 14.7 Å². The van der Waals surface area contributed by atoms with E-state index in [-0.39, 0.29) is 29.4 Å². The molecule has 1 aromatic heterocycles. The lowest BCUT2D eigenvalue weighted by Gasteiger charge is -2.30. The van der Waals surface area contributed by atoms with Crippen LogP contribution in [0.15, 0.2) is 29.4 Å². The molecule has 1 aliphatic heterocycles. The molecule has 0 bridgehead atoms. The molecule has 0 aliphatic carbocycles. The lowest BCUT2D eigenvalue weighted by atomic mass is 9.97. The highest BCUT2D eigenvalue weighted by Crippen LogP contribution is 2.22. The molecule has 9 heteroatoms. The molecule has 144 valence electrons. The van der Waals surface area contributed by atoms with Gasteiger partial charge in [0.05, 0.1) is 18.3 Å². The topological polar surface area (TPSA) is 88.2 Å². The highest BCUT2D eigenvalue weighted by Gasteiger charge is 2.28. The van der Waals surface area contributed by atoms with Crippen molar-refractivity contribution in [1.82, 2.24) is 20.1 Å². The number of esters is 1. The first-order valence-electron chi connectivity index (χ1n) is 8.82. The number of hydrogen-bond acceptors (Lipinski definition) is 6. The zero-order valence-electron chi connectivity index (χ0n) is 15.0. The number of nitrogens with one attached hydrogen (secondary N) is 1. The van der Waals surface area contributed by atoms with Crippen molar-refractivity contribution in [2.45, 2.75) is 24.9 Å². The van der Waals surface area contributed by atoms with Gasteiger partial charge < -0.3 is 9.64 Å². The van der Waals surface area contributed by atoms with Gasteiger partial charge in [-0.2, -0.15) is 0 Å². The summed E-state index contributed by atoms with van der Waals surface area (Å²) >= 11 is 1.25. The molecule has 0 spiro atoms. The molecule has 1 fully saturated rings. The van der Waals surface area contributed by atoms with Crippen molar-refractivity contribution in [2.75, 3.05) is 25.4 Å². The van der Waals surface area contributed by atoms with E-state index in [1.165, 1.54) is 23.9 Å². The Morgan fingerprint density at radius 3 is 2.67 bits per heavy atom. The molecular weight excluding hydrogens is 371 g/mol. The molecule has 2 aromatic rings. The van der Waals surface area contributed by atoms with Crippen molar-refractivity contribution in [3.63, 3.8) is 0 Å². The van der Waals surface area contributed by atoms with Gasteiger partial charge >= 0.3 is 5.97 Å². The number of ether oxygens (including phenoxy) is 1. The lowest BCUT2D eigenvalue weighted by molar-refractivity contribution is -0.151. The predicted octanol–water partition coefficient (Wildman–Crippen LogP) is 2.50. The summed E-state index contributed by atoms with van der Waals surface area (Å²) in [4.78, 5) is 30.2. The number of amides is 1. The summed E-state index contributed by atoms with van der Waals surface area (Å²) in [5, 5.41) is 7.35. The molecule has 0 saturated carbocycles. The van der Waals surface area contributed by atoms with Gasteiger partial charge in [-0.1, -0.05) is 11.8 Å². The number of H-pyrrole nitrogens is 1. The zero-order valence-corrected chi connectivity index (χ0v) is 15.8. The quantitative estimate of drug-likeness (QED) is 0.600. The number of carbonyl (C=O) groups is 2. The Balaban J connectivity index is 1.47. The van der Waals surface area contributed by atoms with Crippen molar-refractivity contribution in [1.29, 1.82) is 0 Å². The smallest absolute Gasteiger partial charge is 0.309 e. The number of likely N-dealkylation sites (tertiary alicyclic amines) is 1. The molecule has 1 amide bonds. The van der Waals surface area contributed by atoms with Crippen molar-refractivity contribution in [3.8, 4) is 11.4 Å². The van der Waals surface area contributed by atoms with E-state index in [0.29, 0.717) is 43.5 Å². The number of piperidine rings is 1. The summed E-state index contributed by atoms with van der Waals surface area (Å²) in [6, 6.07) is 5.94. The summed E-state index contributed by atoms with van der Waals surface area (Å²) in [5.41, 5.74) is 0.725. The molecular formula is C18H21FN4O3S. The minimum atomic E-state index is -0.315. The third kappa shape index (κ3) is 5.06. The first-order chi connectivity index (χ1) is 13.1. The van der Waals surface area contributed by atoms with Crippen LogP contribution in [0.2, 0.25) is 0 Å². The molecule has 7 nitrogen and oxygen atoms in total. The van der Waals surface area contributed by atoms with Gasteiger partial charge in [0.2, 0.25) is 11.1 Å². The van der Waals surface area contributed by atoms with Gasteiger partial charge in [0.25, 0.3) is 0 Å². The minimum absolute atomic E-state index is 0.00422. The Morgan fingerprint density at radius 2 is 2.00 bits per heavy atom. The number of carbonyl (C=O) groups excluding carboxylic acids is 2. The van der Waals surface area contributed by atoms with Crippen LogP contribution in [-0.2, 0) is 14.3 Å². The number of nitrogens with zero attached hydrogens (tertiary/aromatic N) is 3. The van der Waals surface area contributed by atoms with Crippen LogP contribution in [-0.4, -0.2) is 57.4 Å². The predicted molar refractivity (Wildman–Crippen MR) is 98.4 cm³/mol. The Hall–Kier alpha value is -2.42. The second kappa shape index (κ2) is 8.98. The standard InChI is InChI=1S/C18H21FN4O3S/c1-2-26-17(25)13-7-9-23(10-8-13)15(24)11-27-18-20-16(21-22-18)12-3-5-14(19)6-4-12/h3-6,13H,2,7-11H2,1H3,(H,20,21,22). The molecule has 3 rings (SSSR count). The van der Waals surface area contributed by atoms with Gasteiger partial charge in [-0.05, 0) is 44.0 Å². The van der Waals surface area contributed by atoms with Crippen LogP contribution in [0.25, 0.3) is 11.4 Å². The maximum absolute atomic E-state index is 13.0. The fraction of sp³-hybridized carbons (Fsp3) is 0.444. The molecule has 27 heavy (non-hydrogen) atoms. The molecule has 0 unspecified atom stereocenters. The fourth-order valence-electron chi connectivity index (χ4n) is 2.89. The van der Waals surface area contributed by atoms with Crippen LogP contribution in [0.4, 0.5) is 4.39 Å². The normalized spacial score (nSPS) is 15.0. The zero-order chi connectivity index (χ0) is 19.2. The Morgan fingerprint density at radius 1 is 1.30 bits per heavy atom. The van der Waals surface area contributed by atoms with Crippen LogP contribution < -0.4 is 0 Å². The van der Waals surface area contributed by atoms with Crippen LogP contribution >= 0.6 is 11.8 Å². The fourth-order valence-corrected chi connectivity index (χ4v) is 3.59. The molecule has 1 saturated heterocycles. The number of halogens is 1. The average Bonchev–Trinajstić information content (AvgIpc) is 3.16. The number of aromatic nitrogens is 3. The molecule has 1 aromatic carbocycles. The van der Waals surface area contributed by atoms with Gasteiger partial charge in [-0.25, -0.2) is 9.37 Å². The third-order valence-corrected chi connectivity index (χ3v) is 5.21. The number of aromatic amines is 1. The average molecular weight is 392 g/mol. The minimum Gasteiger partial charge on any atom is -0.466 e. The summed E-state index contributed by atoms with van der Waals surface area (Å²) in [6.07, 6.45) is 1.26. The van der Waals surface area contributed by atoms with Crippen molar-refractivity contribution in [3.05, 3.63) is 30.1 Å². The van der Waals surface area contributed by atoms with Crippen LogP contribution in [0.5, 0.6) is 0 Å². The summed E-state index contributed by atoms with van der Waals surface area (Å²) in [6.45, 7) is 3.28. The van der Waals surface area contributed by atoms with Gasteiger partial charge in [0.15, 0.2) is 5.82 Å². The Labute approximate surface area is 160 Å². The van der Waals surface area contributed by atoms with E-state index in [2.05, 4.69) is 15.2 Å². The van der Waals surface area contributed by atoms with E-state index >= 15 is 0 Å². The van der Waals surface area contributed by atoms with Crippen LogP contribution in [0, 0.1) is 11.7 Å². The van der Waals surface area contributed by atoms with Crippen LogP contribution in [0.3, 0.4) is 0 Å². The van der Waals surface area contributed by atoms with E-state index in [1.54, 1.807) is 24.0 Å². The Bertz CT molecular complexity index is 788. The first-order valence-corrected chi connectivity index (χ1v) is 9.81. The molecule has 1 N–H and O–H groups in total. The maximum atomic E-state index is 13.0. The van der Waals surface area contributed by atoms with Crippen molar-refractivity contribution < 1.29 is 18.7 Å². The third-order valence-electron chi connectivity index (χ3n) is 4.37. The van der Waals surface area contributed by atoms with Gasteiger partial charge in [0, 0.05) is 18.7 Å². The van der Waals surface area contributed by atoms with Gasteiger partial charge in [0.1, 0.15) is 5.82 Å². The van der Waals surface area contributed by atoms with E-state index in [4.69, 9.17) is 4.74 Å². The molecule has 0 radical (unpaired) electrons.